The van der Waals surface area contributed by atoms with Crippen molar-refractivity contribution in [3.63, 3.8) is 0 Å². The minimum atomic E-state index is -1.30. The zero-order valence-electron chi connectivity index (χ0n) is 11.7. The zero-order chi connectivity index (χ0) is 16.3. The van der Waals surface area contributed by atoms with Gasteiger partial charge in [-0.1, -0.05) is 0 Å². The molecule has 2 N–H and O–H groups in total. The number of carbonyl (C=O) groups is 2. The first-order valence-corrected chi connectivity index (χ1v) is 7.02. The molecule has 0 heterocycles. The zero-order valence-corrected chi connectivity index (χ0v) is 11.7. The second-order valence-corrected chi connectivity index (χ2v) is 5.49. The molecule has 2 rings (SSSR count). The van der Waals surface area contributed by atoms with Crippen molar-refractivity contribution in [1.29, 1.82) is 0 Å². The van der Waals surface area contributed by atoms with Gasteiger partial charge in [-0.15, -0.1) is 0 Å². The van der Waals surface area contributed by atoms with Gasteiger partial charge in [0.2, 0.25) is 5.91 Å². The first-order chi connectivity index (χ1) is 10.4. The van der Waals surface area contributed by atoms with Gasteiger partial charge in [0.15, 0.2) is 11.6 Å². The fourth-order valence-corrected chi connectivity index (χ4v) is 2.64. The highest BCUT2D eigenvalue weighted by Crippen LogP contribution is 2.24. The molecule has 4 nitrogen and oxygen atoms in total. The first-order valence-electron chi connectivity index (χ1n) is 7.02. The number of hydrogen-bond donors (Lipinski definition) is 2. The maximum atomic E-state index is 13.5. The average molecular weight is 315 g/mol. The minimum Gasteiger partial charge on any atom is -0.481 e. The Labute approximate surface area is 125 Å². The van der Waals surface area contributed by atoms with Crippen molar-refractivity contribution in [2.75, 3.05) is 0 Å². The predicted molar refractivity (Wildman–Crippen MR) is 71.5 cm³/mol. The highest BCUT2D eigenvalue weighted by Gasteiger charge is 2.26. The van der Waals surface area contributed by atoms with E-state index in [1.54, 1.807) is 0 Å². The lowest BCUT2D eigenvalue weighted by Gasteiger charge is -2.26. The highest BCUT2D eigenvalue weighted by atomic mass is 19.2. The van der Waals surface area contributed by atoms with Gasteiger partial charge in [0.1, 0.15) is 5.82 Å². The predicted octanol–water partition coefficient (Wildman–Crippen LogP) is 2.41. The Hall–Kier alpha value is -2.05. The molecule has 7 heteroatoms. The molecule has 1 fully saturated rings. The van der Waals surface area contributed by atoms with Crippen molar-refractivity contribution < 1.29 is 27.9 Å². The SMILES string of the molecule is O=C(Cc1cc(F)c(F)cc1F)NC1CCC(C(=O)O)CC1. The highest BCUT2D eigenvalue weighted by molar-refractivity contribution is 5.79. The molecule has 1 amide bonds. The van der Waals surface area contributed by atoms with Crippen LogP contribution in [0, 0.1) is 23.4 Å². The summed E-state index contributed by atoms with van der Waals surface area (Å²) in [5.74, 6) is -5.20. The first kappa shape index (κ1) is 16.3. The Balaban J connectivity index is 1.89. The molecular weight excluding hydrogens is 299 g/mol. The summed E-state index contributed by atoms with van der Waals surface area (Å²) in [6.45, 7) is 0. The molecular formula is C15H16F3NO3. The van der Waals surface area contributed by atoms with Crippen LogP contribution >= 0.6 is 0 Å². The number of carboxylic acids is 1. The van der Waals surface area contributed by atoms with E-state index in [9.17, 15) is 22.8 Å². The third-order valence-corrected chi connectivity index (χ3v) is 3.88. The Morgan fingerprint density at radius 3 is 2.23 bits per heavy atom. The lowest BCUT2D eigenvalue weighted by Crippen LogP contribution is -2.39. The molecule has 0 unspecified atom stereocenters. The summed E-state index contributed by atoms with van der Waals surface area (Å²) in [5.41, 5.74) is -0.212. The molecule has 0 spiro atoms. The maximum Gasteiger partial charge on any atom is 0.306 e. The number of halogens is 3. The molecule has 0 saturated heterocycles. The number of benzene rings is 1. The fraction of sp³-hybridized carbons (Fsp3) is 0.467. The van der Waals surface area contributed by atoms with Crippen molar-refractivity contribution in [1.82, 2.24) is 5.32 Å². The maximum absolute atomic E-state index is 13.5. The Morgan fingerprint density at radius 1 is 1.05 bits per heavy atom. The van der Waals surface area contributed by atoms with Crippen LogP contribution in [0.5, 0.6) is 0 Å². The minimum absolute atomic E-state index is 0.170. The van der Waals surface area contributed by atoms with Gasteiger partial charge in [-0.2, -0.15) is 0 Å². The Morgan fingerprint density at radius 2 is 1.64 bits per heavy atom. The van der Waals surface area contributed by atoms with Gasteiger partial charge in [-0.3, -0.25) is 9.59 Å². The van der Waals surface area contributed by atoms with Crippen LogP contribution in [0.1, 0.15) is 31.2 Å². The quantitative estimate of drug-likeness (QED) is 0.839. The molecule has 0 bridgehead atoms. The summed E-state index contributed by atoms with van der Waals surface area (Å²) in [6.07, 6.45) is 1.62. The van der Waals surface area contributed by atoms with Crippen molar-refractivity contribution in [3.05, 3.63) is 35.1 Å². The Bertz CT molecular complexity index is 584. The van der Waals surface area contributed by atoms with Crippen LogP contribution < -0.4 is 5.32 Å². The molecule has 1 saturated carbocycles. The second-order valence-electron chi connectivity index (χ2n) is 5.49. The number of hydrogen-bond acceptors (Lipinski definition) is 2. The van der Waals surface area contributed by atoms with Crippen molar-refractivity contribution in [2.45, 2.75) is 38.1 Å². The molecule has 1 aliphatic carbocycles. The van der Waals surface area contributed by atoms with Crippen LogP contribution in [0.15, 0.2) is 12.1 Å². The molecule has 120 valence electrons. The summed E-state index contributed by atoms with van der Waals surface area (Å²) in [7, 11) is 0. The standard InChI is InChI=1S/C15H16F3NO3/c16-11-7-13(18)12(17)5-9(11)6-14(20)19-10-3-1-8(2-4-10)15(21)22/h5,7-8,10H,1-4,6H2,(H,19,20)(H,21,22). The van der Waals surface area contributed by atoms with Gasteiger partial charge in [-0.25, -0.2) is 13.2 Å². The van der Waals surface area contributed by atoms with Crippen molar-refractivity contribution >= 4 is 11.9 Å². The van der Waals surface area contributed by atoms with Crippen molar-refractivity contribution in [2.24, 2.45) is 5.92 Å². The lowest BCUT2D eigenvalue weighted by atomic mass is 9.86. The van der Waals surface area contributed by atoms with E-state index in [-0.39, 0.29) is 18.0 Å². The van der Waals surface area contributed by atoms with Crippen LogP contribution in [0.2, 0.25) is 0 Å². The van der Waals surface area contributed by atoms with Gasteiger partial charge in [0.05, 0.1) is 12.3 Å². The number of carbonyl (C=O) groups excluding carboxylic acids is 1. The molecule has 0 radical (unpaired) electrons. The Kier molecular flexibility index (Phi) is 5.05. The number of rotatable bonds is 4. The smallest absolute Gasteiger partial charge is 0.306 e. The monoisotopic (exact) mass is 315 g/mol. The normalized spacial score (nSPS) is 21.4. The molecule has 0 aromatic heterocycles. The van der Waals surface area contributed by atoms with E-state index >= 15 is 0 Å². The van der Waals surface area contributed by atoms with E-state index in [1.165, 1.54) is 0 Å². The van der Waals surface area contributed by atoms with E-state index in [0.717, 1.165) is 0 Å². The molecule has 0 atom stereocenters. The van der Waals surface area contributed by atoms with Gasteiger partial charge in [0.25, 0.3) is 0 Å². The summed E-state index contributed by atoms with van der Waals surface area (Å²) in [6, 6.07) is 0.915. The van der Waals surface area contributed by atoms with Crippen LogP contribution in [-0.2, 0) is 16.0 Å². The topological polar surface area (TPSA) is 66.4 Å². The van der Waals surface area contributed by atoms with Gasteiger partial charge >= 0.3 is 5.97 Å². The van der Waals surface area contributed by atoms with Gasteiger partial charge < -0.3 is 10.4 Å². The number of carboxylic acid groups (broad SMARTS) is 1. The number of aliphatic carboxylic acids is 1. The third-order valence-electron chi connectivity index (χ3n) is 3.88. The van der Waals surface area contributed by atoms with Gasteiger partial charge in [-0.05, 0) is 31.7 Å². The number of amides is 1. The summed E-state index contributed by atoms with van der Waals surface area (Å²) in [5, 5.41) is 11.6. The van der Waals surface area contributed by atoms with E-state index in [4.69, 9.17) is 5.11 Å². The average Bonchev–Trinajstić information content (AvgIpc) is 2.45. The molecule has 1 aromatic carbocycles. The summed E-state index contributed by atoms with van der Waals surface area (Å²) >= 11 is 0. The van der Waals surface area contributed by atoms with Gasteiger partial charge in [0, 0.05) is 17.7 Å². The molecule has 22 heavy (non-hydrogen) atoms. The van der Waals surface area contributed by atoms with Crippen LogP contribution in [-0.4, -0.2) is 23.0 Å². The van der Waals surface area contributed by atoms with E-state index < -0.39 is 35.2 Å². The van der Waals surface area contributed by atoms with Crippen LogP contribution in [0.3, 0.4) is 0 Å². The van der Waals surface area contributed by atoms with E-state index in [1.807, 2.05) is 0 Å². The number of nitrogens with one attached hydrogen (secondary N) is 1. The lowest BCUT2D eigenvalue weighted by molar-refractivity contribution is -0.142. The summed E-state index contributed by atoms with van der Waals surface area (Å²) < 4.78 is 39.3. The fourth-order valence-electron chi connectivity index (χ4n) is 2.64. The van der Waals surface area contributed by atoms with Crippen LogP contribution in [0.25, 0.3) is 0 Å². The van der Waals surface area contributed by atoms with Crippen LogP contribution in [0.4, 0.5) is 13.2 Å². The molecule has 1 aliphatic rings. The molecule has 0 aliphatic heterocycles. The van der Waals surface area contributed by atoms with Crippen molar-refractivity contribution in [3.8, 4) is 0 Å². The molecule has 1 aromatic rings. The second kappa shape index (κ2) is 6.81. The third kappa shape index (κ3) is 3.99. The summed E-state index contributed by atoms with van der Waals surface area (Å²) in [4.78, 5) is 22.7. The largest absolute Gasteiger partial charge is 0.481 e. The van der Waals surface area contributed by atoms with E-state index in [2.05, 4.69) is 5.32 Å². The van der Waals surface area contributed by atoms with E-state index in [0.29, 0.717) is 37.8 Å².